The number of carbonyl (C=O) groups excluding carboxylic acids is 1. The van der Waals surface area contributed by atoms with Crippen molar-refractivity contribution < 1.29 is 14.8 Å². The topological polar surface area (TPSA) is 83.7 Å². The standard InChI is InChI=1S/C17H12N2O4S2/c1-10-2-5-12(6-3-10)18-16(21)15(25-17(18)24)9-11-4-7-14(20)13(8-11)19(22)23/h2-9,20H,1H3/b15-9+. The number of aromatic hydroxyl groups is 1. The van der Waals surface area contributed by atoms with Gasteiger partial charge in [-0.3, -0.25) is 19.8 Å². The zero-order valence-electron chi connectivity index (χ0n) is 13.0. The van der Waals surface area contributed by atoms with Gasteiger partial charge in [-0.05, 0) is 36.8 Å². The van der Waals surface area contributed by atoms with E-state index in [0.717, 1.165) is 17.3 Å². The average molecular weight is 372 g/mol. The highest BCUT2D eigenvalue weighted by molar-refractivity contribution is 8.27. The van der Waals surface area contributed by atoms with Crippen molar-refractivity contribution in [2.75, 3.05) is 4.90 Å². The van der Waals surface area contributed by atoms with Gasteiger partial charge in [-0.2, -0.15) is 0 Å². The second-order valence-electron chi connectivity index (χ2n) is 5.36. The van der Waals surface area contributed by atoms with Crippen molar-refractivity contribution in [1.29, 1.82) is 0 Å². The molecule has 1 heterocycles. The first-order valence-electron chi connectivity index (χ1n) is 7.19. The van der Waals surface area contributed by atoms with Crippen molar-refractivity contribution in [3.8, 4) is 5.75 Å². The molecular formula is C17H12N2O4S2. The number of hydrogen-bond acceptors (Lipinski definition) is 6. The molecule has 0 radical (unpaired) electrons. The molecule has 1 saturated heterocycles. The summed E-state index contributed by atoms with van der Waals surface area (Å²) in [7, 11) is 0. The van der Waals surface area contributed by atoms with Crippen LogP contribution < -0.4 is 4.90 Å². The number of hydrogen-bond donors (Lipinski definition) is 1. The summed E-state index contributed by atoms with van der Waals surface area (Å²) in [5.74, 6) is -0.705. The summed E-state index contributed by atoms with van der Waals surface area (Å²) < 4.78 is 0.397. The van der Waals surface area contributed by atoms with Crippen molar-refractivity contribution >= 4 is 51.7 Å². The monoisotopic (exact) mass is 372 g/mol. The fraction of sp³-hybridized carbons (Fsp3) is 0.0588. The molecule has 2 aromatic rings. The van der Waals surface area contributed by atoms with E-state index in [9.17, 15) is 20.0 Å². The summed E-state index contributed by atoms with van der Waals surface area (Å²) in [5, 5.41) is 20.4. The summed E-state index contributed by atoms with van der Waals surface area (Å²) in [6, 6.07) is 11.4. The number of benzene rings is 2. The number of thioether (sulfide) groups is 1. The predicted molar refractivity (Wildman–Crippen MR) is 102 cm³/mol. The van der Waals surface area contributed by atoms with Crippen LogP contribution in [0.15, 0.2) is 47.4 Å². The fourth-order valence-electron chi connectivity index (χ4n) is 2.31. The first kappa shape index (κ1) is 17.1. The molecule has 25 heavy (non-hydrogen) atoms. The molecule has 1 amide bonds. The number of thiocarbonyl (C=S) groups is 1. The third kappa shape index (κ3) is 3.40. The van der Waals surface area contributed by atoms with E-state index in [1.165, 1.54) is 29.2 Å². The maximum atomic E-state index is 12.7. The number of carbonyl (C=O) groups is 1. The molecule has 0 bridgehead atoms. The minimum absolute atomic E-state index is 0.283. The van der Waals surface area contributed by atoms with Crippen molar-refractivity contribution in [1.82, 2.24) is 0 Å². The van der Waals surface area contributed by atoms with Crippen molar-refractivity contribution in [2.45, 2.75) is 6.92 Å². The Hall–Kier alpha value is -2.71. The van der Waals surface area contributed by atoms with Gasteiger partial charge in [0.2, 0.25) is 0 Å². The summed E-state index contributed by atoms with van der Waals surface area (Å²) in [5.41, 5.74) is 1.77. The normalized spacial score (nSPS) is 15.9. The Morgan fingerprint density at radius 3 is 2.56 bits per heavy atom. The minimum Gasteiger partial charge on any atom is -0.502 e. The van der Waals surface area contributed by atoms with Crippen LogP contribution in [0.4, 0.5) is 11.4 Å². The summed E-state index contributed by atoms with van der Waals surface area (Å²) in [6.45, 7) is 1.95. The SMILES string of the molecule is Cc1ccc(N2C(=O)/C(=C\c3ccc(O)c([N+](=O)[O-])c3)SC2=S)cc1. The lowest BCUT2D eigenvalue weighted by molar-refractivity contribution is -0.385. The Kier molecular flexibility index (Phi) is 4.56. The van der Waals surface area contributed by atoms with Crippen molar-refractivity contribution in [3.63, 3.8) is 0 Å². The van der Waals surface area contributed by atoms with Gasteiger partial charge in [-0.25, -0.2) is 0 Å². The maximum absolute atomic E-state index is 12.7. The Labute approximate surface area is 152 Å². The van der Waals surface area contributed by atoms with Crippen LogP contribution >= 0.6 is 24.0 Å². The van der Waals surface area contributed by atoms with Crippen molar-refractivity contribution in [3.05, 3.63) is 68.6 Å². The number of rotatable bonds is 3. The largest absolute Gasteiger partial charge is 0.502 e. The first-order chi connectivity index (χ1) is 11.9. The minimum atomic E-state index is -0.676. The molecule has 1 aliphatic heterocycles. The van der Waals surface area contributed by atoms with Crippen LogP contribution in [0.3, 0.4) is 0 Å². The summed E-state index contributed by atoms with van der Waals surface area (Å²) in [4.78, 5) is 24.7. The van der Waals surface area contributed by atoms with Crippen LogP contribution in [-0.2, 0) is 4.79 Å². The van der Waals surface area contributed by atoms with Crippen LogP contribution in [0, 0.1) is 17.0 Å². The van der Waals surface area contributed by atoms with Crippen LogP contribution in [0.5, 0.6) is 5.75 Å². The lowest BCUT2D eigenvalue weighted by Gasteiger charge is -2.14. The molecule has 126 valence electrons. The zero-order chi connectivity index (χ0) is 18.1. The molecule has 8 heteroatoms. The van der Waals surface area contributed by atoms with E-state index in [1.807, 2.05) is 31.2 Å². The van der Waals surface area contributed by atoms with E-state index in [0.29, 0.717) is 20.5 Å². The molecule has 0 saturated carbocycles. The average Bonchev–Trinajstić information content (AvgIpc) is 2.84. The molecule has 0 aromatic heterocycles. The van der Waals surface area contributed by atoms with Crippen molar-refractivity contribution in [2.24, 2.45) is 0 Å². The number of anilines is 1. The highest BCUT2D eigenvalue weighted by Crippen LogP contribution is 2.37. The Morgan fingerprint density at radius 1 is 1.24 bits per heavy atom. The molecule has 2 aromatic carbocycles. The van der Waals surface area contributed by atoms with E-state index in [-0.39, 0.29) is 5.91 Å². The summed E-state index contributed by atoms with van der Waals surface area (Å²) >= 11 is 6.42. The molecule has 1 aliphatic rings. The second-order valence-corrected chi connectivity index (χ2v) is 7.03. The summed E-state index contributed by atoms with van der Waals surface area (Å²) in [6.07, 6.45) is 1.53. The van der Waals surface area contributed by atoms with Gasteiger partial charge in [0.25, 0.3) is 5.91 Å². The molecule has 1 N–H and O–H groups in total. The number of aryl methyl sites for hydroxylation is 1. The molecule has 0 unspecified atom stereocenters. The number of nitro benzene ring substituents is 1. The van der Waals surface area contributed by atoms with Gasteiger partial charge in [-0.1, -0.05) is 47.7 Å². The van der Waals surface area contributed by atoms with Gasteiger partial charge >= 0.3 is 5.69 Å². The van der Waals surface area contributed by atoms with E-state index in [2.05, 4.69) is 0 Å². The van der Waals surface area contributed by atoms with Gasteiger partial charge in [0.15, 0.2) is 10.1 Å². The lowest BCUT2D eigenvalue weighted by atomic mass is 10.1. The van der Waals surface area contributed by atoms with E-state index >= 15 is 0 Å². The van der Waals surface area contributed by atoms with Gasteiger partial charge in [0.1, 0.15) is 0 Å². The van der Waals surface area contributed by atoms with E-state index in [4.69, 9.17) is 12.2 Å². The third-order valence-corrected chi connectivity index (χ3v) is 4.88. The van der Waals surface area contributed by atoms with Crippen LogP contribution in [0.25, 0.3) is 6.08 Å². The Morgan fingerprint density at radius 2 is 1.92 bits per heavy atom. The third-order valence-electron chi connectivity index (χ3n) is 3.58. The molecule has 1 fully saturated rings. The molecule has 3 rings (SSSR count). The quantitative estimate of drug-likeness (QED) is 0.379. The predicted octanol–water partition coefficient (Wildman–Crippen LogP) is 4.01. The van der Waals surface area contributed by atoms with Gasteiger partial charge in [0.05, 0.1) is 15.5 Å². The Bertz CT molecular complexity index is 923. The number of phenols is 1. The Balaban J connectivity index is 1.94. The van der Waals surface area contributed by atoms with Crippen LogP contribution in [-0.4, -0.2) is 20.3 Å². The van der Waals surface area contributed by atoms with Gasteiger partial charge in [-0.15, -0.1) is 0 Å². The second kappa shape index (κ2) is 6.66. The van der Waals surface area contributed by atoms with E-state index in [1.54, 1.807) is 0 Å². The fourth-order valence-corrected chi connectivity index (χ4v) is 3.61. The molecule has 6 nitrogen and oxygen atoms in total. The zero-order valence-corrected chi connectivity index (χ0v) is 14.6. The maximum Gasteiger partial charge on any atom is 0.311 e. The number of phenolic OH excluding ortho intramolecular Hbond substituents is 1. The molecule has 0 aliphatic carbocycles. The number of nitro groups is 1. The molecule has 0 spiro atoms. The van der Waals surface area contributed by atoms with Gasteiger partial charge < -0.3 is 5.11 Å². The molecular weight excluding hydrogens is 360 g/mol. The lowest BCUT2D eigenvalue weighted by Crippen LogP contribution is -2.27. The number of amides is 1. The van der Waals surface area contributed by atoms with Crippen LogP contribution in [0.2, 0.25) is 0 Å². The van der Waals surface area contributed by atoms with E-state index < -0.39 is 16.4 Å². The van der Waals surface area contributed by atoms with Crippen LogP contribution in [0.1, 0.15) is 11.1 Å². The molecule has 0 atom stereocenters. The number of nitrogens with zero attached hydrogens (tertiary/aromatic N) is 2. The smallest absolute Gasteiger partial charge is 0.311 e. The highest BCUT2D eigenvalue weighted by atomic mass is 32.2. The van der Waals surface area contributed by atoms with Gasteiger partial charge in [0, 0.05) is 6.07 Å². The highest BCUT2D eigenvalue weighted by Gasteiger charge is 2.33. The first-order valence-corrected chi connectivity index (χ1v) is 8.41.